The smallest absolute Gasteiger partial charge is 0.255 e. The summed E-state index contributed by atoms with van der Waals surface area (Å²) >= 11 is 3.49. The molecule has 1 aromatic heterocycles. The van der Waals surface area contributed by atoms with Gasteiger partial charge in [-0.05, 0) is 43.0 Å². The molecule has 0 spiro atoms. The molecular formula is C16H17BrN2O2. The second-order valence-corrected chi connectivity index (χ2v) is 6.32. The van der Waals surface area contributed by atoms with Crippen LogP contribution in [-0.4, -0.2) is 5.91 Å². The van der Waals surface area contributed by atoms with E-state index < -0.39 is 0 Å². The van der Waals surface area contributed by atoms with Gasteiger partial charge in [-0.25, -0.2) is 0 Å². The van der Waals surface area contributed by atoms with Gasteiger partial charge in [-0.2, -0.15) is 0 Å². The molecule has 1 aromatic carbocycles. The third-order valence-electron chi connectivity index (χ3n) is 4.05. The Morgan fingerprint density at radius 3 is 2.76 bits per heavy atom. The number of benzene rings is 1. The number of carbonyl (C=O) groups is 1. The Bertz CT molecular complexity index is 662. The Kier molecular flexibility index (Phi) is 3.87. The number of nitrogens with one attached hydrogen (secondary N) is 1. The summed E-state index contributed by atoms with van der Waals surface area (Å²) < 4.78 is 6.26. The molecule has 0 bridgehead atoms. The van der Waals surface area contributed by atoms with Crippen LogP contribution in [0.3, 0.4) is 0 Å². The third kappa shape index (κ3) is 2.76. The van der Waals surface area contributed by atoms with Gasteiger partial charge >= 0.3 is 0 Å². The van der Waals surface area contributed by atoms with Gasteiger partial charge in [0.05, 0.1) is 17.6 Å². The molecule has 1 aliphatic rings. The fourth-order valence-corrected chi connectivity index (χ4v) is 3.10. The fraction of sp³-hybridized carbons (Fsp3) is 0.312. The lowest BCUT2D eigenvalue weighted by Gasteiger charge is -2.43. The van der Waals surface area contributed by atoms with Crippen LogP contribution in [0, 0.1) is 0 Å². The molecule has 2 aromatic rings. The van der Waals surface area contributed by atoms with E-state index in [4.69, 9.17) is 10.2 Å². The molecule has 1 aliphatic carbocycles. The van der Waals surface area contributed by atoms with Gasteiger partial charge in [-0.15, -0.1) is 0 Å². The molecule has 0 saturated heterocycles. The number of carbonyl (C=O) groups excluding carboxylic acids is 1. The molecule has 0 radical (unpaired) electrons. The highest BCUT2D eigenvalue weighted by Crippen LogP contribution is 2.42. The maximum absolute atomic E-state index is 12.4. The molecule has 1 fully saturated rings. The van der Waals surface area contributed by atoms with E-state index in [-0.39, 0.29) is 11.4 Å². The van der Waals surface area contributed by atoms with Crippen molar-refractivity contribution in [1.82, 2.24) is 5.32 Å². The first-order chi connectivity index (χ1) is 10.1. The van der Waals surface area contributed by atoms with Crippen LogP contribution < -0.4 is 11.1 Å². The summed E-state index contributed by atoms with van der Waals surface area (Å²) in [4.78, 5) is 12.4. The van der Waals surface area contributed by atoms with Gasteiger partial charge < -0.3 is 15.5 Å². The zero-order valence-electron chi connectivity index (χ0n) is 11.6. The molecule has 5 heteroatoms. The zero-order chi connectivity index (χ0) is 14.9. The molecule has 1 amide bonds. The first-order valence-electron chi connectivity index (χ1n) is 6.99. The molecule has 110 valence electrons. The Labute approximate surface area is 131 Å². The summed E-state index contributed by atoms with van der Waals surface area (Å²) in [5.41, 5.74) is 6.90. The standard InChI is InChI=1S/C16H17BrN2O2/c17-13-4-1-3-12(8-13)16(5-2-6-16)19-15(20)11-7-14(9-18)21-10-11/h1,3-4,7-8,10H,2,5-6,9,18H2,(H,19,20). The van der Waals surface area contributed by atoms with Gasteiger partial charge in [-0.1, -0.05) is 28.1 Å². The van der Waals surface area contributed by atoms with E-state index in [0.717, 1.165) is 29.3 Å². The van der Waals surface area contributed by atoms with Crippen LogP contribution in [0.5, 0.6) is 0 Å². The molecule has 1 heterocycles. The predicted molar refractivity (Wildman–Crippen MR) is 83.7 cm³/mol. The Morgan fingerprint density at radius 1 is 1.38 bits per heavy atom. The van der Waals surface area contributed by atoms with Gasteiger partial charge in [0.1, 0.15) is 12.0 Å². The highest BCUT2D eigenvalue weighted by molar-refractivity contribution is 9.10. The minimum Gasteiger partial charge on any atom is -0.467 e. The average molecular weight is 349 g/mol. The van der Waals surface area contributed by atoms with Crippen LogP contribution >= 0.6 is 15.9 Å². The van der Waals surface area contributed by atoms with Gasteiger partial charge in [0.25, 0.3) is 5.91 Å². The molecular weight excluding hydrogens is 332 g/mol. The first kappa shape index (κ1) is 14.4. The number of nitrogens with two attached hydrogens (primary N) is 1. The first-order valence-corrected chi connectivity index (χ1v) is 7.78. The maximum atomic E-state index is 12.4. The Balaban J connectivity index is 1.82. The lowest BCUT2D eigenvalue weighted by Crippen LogP contribution is -2.50. The number of halogens is 1. The number of furan rings is 1. The fourth-order valence-electron chi connectivity index (χ4n) is 2.70. The van der Waals surface area contributed by atoms with E-state index in [0.29, 0.717) is 17.9 Å². The quantitative estimate of drug-likeness (QED) is 0.890. The SMILES string of the molecule is NCc1cc(C(=O)NC2(c3cccc(Br)c3)CCC2)co1. The minimum absolute atomic E-state index is 0.113. The van der Waals surface area contributed by atoms with Crippen molar-refractivity contribution in [2.45, 2.75) is 31.3 Å². The molecule has 0 atom stereocenters. The average Bonchev–Trinajstić information content (AvgIpc) is 2.91. The predicted octanol–water partition coefficient (Wildman–Crippen LogP) is 3.31. The normalized spacial score (nSPS) is 16.3. The highest BCUT2D eigenvalue weighted by atomic mass is 79.9. The van der Waals surface area contributed by atoms with Crippen LogP contribution in [0.2, 0.25) is 0 Å². The van der Waals surface area contributed by atoms with E-state index in [1.165, 1.54) is 6.26 Å². The Morgan fingerprint density at radius 2 is 2.19 bits per heavy atom. The summed E-state index contributed by atoms with van der Waals surface area (Å²) in [6.45, 7) is 0.296. The zero-order valence-corrected chi connectivity index (χ0v) is 13.2. The van der Waals surface area contributed by atoms with E-state index in [9.17, 15) is 4.79 Å². The van der Waals surface area contributed by atoms with Gasteiger partial charge in [-0.3, -0.25) is 4.79 Å². The molecule has 21 heavy (non-hydrogen) atoms. The maximum Gasteiger partial charge on any atom is 0.255 e. The van der Waals surface area contributed by atoms with Crippen LogP contribution in [0.15, 0.2) is 45.5 Å². The largest absolute Gasteiger partial charge is 0.467 e. The van der Waals surface area contributed by atoms with Crippen molar-refractivity contribution in [1.29, 1.82) is 0 Å². The van der Waals surface area contributed by atoms with Crippen molar-refractivity contribution in [2.75, 3.05) is 0 Å². The van der Waals surface area contributed by atoms with E-state index >= 15 is 0 Å². The molecule has 4 nitrogen and oxygen atoms in total. The van der Waals surface area contributed by atoms with Gasteiger partial charge in [0.2, 0.25) is 0 Å². The highest BCUT2D eigenvalue weighted by Gasteiger charge is 2.40. The summed E-state index contributed by atoms with van der Waals surface area (Å²) in [6.07, 6.45) is 4.49. The van der Waals surface area contributed by atoms with Crippen LogP contribution in [0.1, 0.15) is 40.9 Å². The molecule has 1 saturated carbocycles. The van der Waals surface area contributed by atoms with Crippen LogP contribution in [0.25, 0.3) is 0 Å². The Hall–Kier alpha value is -1.59. The molecule has 3 rings (SSSR count). The van der Waals surface area contributed by atoms with Gasteiger partial charge in [0, 0.05) is 4.47 Å². The van der Waals surface area contributed by atoms with Crippen molar-refractivity contribution < 1.29 is 9.21 Å². The second kappa shape index (κ2) is 5.66. The lowest BCUT2D eigenvalue weighted by atomic mass is 9.71. The van der Waals surface area contributed by atoms with Crippen molar-refractivity contribution in [2.24, 2.45) is 5.73 Å². The number of hydrogen-bond acceptors (Lipinski definition) is 3. The molecule has 0 aliphatic heterocycles. The third-order valence-corrected chi connectivity index (χ3v) is 4.55. The lowest BCUT2D eigenvalue weighted by molar-refractivity contribution is 0.0822. The van der Waals surface area contributed by atoms with Crippen LogP contribution in [-0.2, 0) is 12.1 Å². The minimum atomic E-state index is -0.263. The van der Waals surface area contributed by atoms with Crippen molar-refractivity contribution in [3.05, 3.63) is 58.0 Å². The second-order valence-electron chi connectivity index (χ2n) is 5.41. The summed E-state index contributed by atoms with van der Waals surface area (Å²) in [6, 6.07) is 9.81. The summed E-state index contributed by atoms with van der Waals surface area (Å²) in [5.74, 6) is 0.503. The van der Waals surface area contributed by atoms with Gasteiger partial charge in [0.15, 0.2) is 0 Å². The summed E-state index contributed by atoms with van der Waals surface area (Å²) in [7, 11) is 0. The molecule has 0 unspecified atom stereocenters. The van der Waals surface area contributed by atoms with E-state index in [1.54, 1.807) is 6.07 Å². The summed E-state index contributed by atoms with van der Waals surface area (Å²) in [5, 5.41) is 3.17. The van der Waals surface area contributed by atoms with Crippen molar-refractivity contribution in [3.8, 4) is 0 Å². The molecule has 3 N–H and O–H groups in total. The topological polar surface area (TPSA) is 68.3 Å². The monoisotopic (exact) mass is 348 g/mol. The van der Waals surface area contributed by atoms with E-state index in [1.807, 2.05) is 12.1 Å². The number of hydrogen-bond donors (Lipinski definition) is 2. The van der Waals surface area contributed by atoms with Crippen LogP contribution in [0.4, 0.5) is 0 Å². The van der Waals surface area contributed by atoms with Crippen molar-refractivity contribution >= 4 is 21.8 Å². The number of amides is 1. The number of rotatable bonds is 4. The van der Waals surface area contributed by atoms with Crippen molar-refractivity contribution in [3.63, 3.8) is 0 Å². The van der Waals surface area contributed by atoms with E-state index in [2.05, 4.69) is 33.4 Å².